The summed E-state index contributed by atoms with van der Waals surface area (Å²) in [7, 11) is 1.34. The number of morpholine rings is 1. The van der Waals surface area contributed by atoms with Gasteiger partial charge in [-0.3, -0.25) is 4.79 Å². The normalized spacial score (nSPS) is 20.5. The standard InChI is InChI=1S/C17H22F2N2O5/c1-11-8-21(9-12(2)25-11)16(22)10-24-20-7-13-4-5-14(26-17(18)19)15(6-13)23-3/h4-7,11-12,17H,8-10H2,1-3H3/b20-7-/t11-,12-/m1/s1. The number of methoxy groups -OCH3 is 1. The number of alkyl halides is 2. The summed E-state index contributed by atoms with van der Waals surface area (Å²) >= 11 is 0. The second-order valence-electron chi connectivity index (χ2n) is 5.85. The lowest BCUT2D eigenvalue weighted by Crippen LogP contribution is -2.49. The topological polar surface area (TPSA) is 69.6 Å². The molecule has 1 fully saturated rings. The molecule has 1 saturated heterocycles. The third-order valence-electron chi connectivity index (χ3n) is 3.64. The van der Waals surface area contributed by atoms with E-state index < -0.39 is 6.61 Å². The van der Waals surface area contributed by atoms with Gasteiger partial charge in [-0.1, -0.05) is 5.16 Å². The third-order valence-corrected chi connectivity index (χ3v) is 3.64. The quantitative estimate of drug-likeness (QED) is 0.543. The van der Waals surface area contributed by atoms with Crippen molar-refractivity contribution in [2.75, 3.05) is 26.8 Å². The Labute approximate surface area is 150 Å². The zero-order valence-corrected chi connectivity index (χ0v) is 14.9. The lowest BCUT2D eigenvalue weighted by Gasteiger charge is -2.34. The number of oxime groups is 1. The predicted octanol–water partition coefficient (Wildman–Crippen LogP) is 2.28. The number of benzene rings is 1. The second-order valence-corrected chi connectivity index (χ2v) is 5.85. The minimum Gasteiger partial charge on any atom is -0.493 e. The van der Waals surface area contributed by atoms with Gasteiger partial charge in [0.1, 0.15) is 0 Å². The van der Waals surface area contributed by atoms with Crippen LogP contribution in [0.3, 0.4) is 0 Å². The van der Waals surface area contributed by atoms with E-state index in [4.69, 9.17) is 14.3 Å². The number of nitrogens with zero attached hydrogens (tertiary/aromatic N) is 2. The Morgan fingerprint density at radius 1 is 1.35 bits per heavy atom. The van der Waals surface area contributed by atoms with Crippen molar-refractivity contribution < 1.29 is 32.6 Å². The van der Waals surface area contributed by atoms with Crippen molar-refractivity contribution in [3.05, 3.63) is 23.8 Å². The molecule has 0 bridgehead atoms. The average Bonchev–Trinajstić information content (AvgIpc) is 2.58. The molecule has 0 radical (unpaired) electrons. The van der Waals surface area contributed by atoms with Gasteiger partial charge in [0.2, 0.25) is 0 Å². The smallest absolute Gasteiger partial charge is 0.387 e. The molecule has 1 aliphatic heterocycles. The average molecular weight is 372 g/mol. The summed E-state index contributed by atoms with van der Waals surface area (Å²) in [4.78, 5) is 18.8. The molecule has 26 heavy (non-hydrogen) atoms. The molecule has 144 valence electrons. The maximum atomic E-state index is 12.3. The van der Waals surface area contributed by atoms with E-state index >= 15 is 0 Å². The van der Waals surface area contributed by atoms with Crippen LogP contribution in [0.25, 0.3) is 0 Å². The molecular formula is C17H22F2N2O5. The van der Waals surface area contributed by atoms with Crippen molar-refractivity contribution in [2.45, 2.75) is 32.7 Å². The molecule has 1 aromatic carbocycles. The fourth-order valence-corrected chi connectivity index (χ4v) is 2.62. The number of hydrogen-bond donors (Lipinski definition) is 0. The molecule has 0 unspecified atom stereocenters. The number of carbonyl (C=O) groups excluding carboxylic acids is 1. The SMILES string of the molecule is COc1cc(/C=N\OCC(=O)N2C[C@@H](C)O[C@H](C)C2)ccc1OC(F)F. The van der Waals surface area contributed by atoms with Gasteiger partial charge < -0.3 is 23.9 Å². The highest BCUT2D eigenvalue weighted by Crippen LogP contribution is 2.28. The molecule has 0 aromatic heterocycles. The van der Waals surface area contributed by atoms with Gasteiger partial charge in [-0.2, -0.15) is 8.78 Å². The highest BCUT2D eigenvalue weighted by Gasteiger charge is 2.25. The van der Waals surface area contributed by atoms with Crippen LogP contribution in [0.1, 0.15) is 19.4 Å². The molecule has 0 N–H and O–H groups in total. The second kappa shape index (κ2) is 9.33. The van der Waals surface area contributed by atoms with Gasteiger partial charge in [-0.15, -0.1) is 0 Å². The van der Waals surface area contributed by atoms with Crippen LogP contribution in [-0.4, -0.2) is 62.6 Å². The van der Waals surface area contributed by atoms with Gasteiger partial charge in [0.15, 0.2) is 18.1 Å². The molecule has 1 amide bonds. The van der Waals surface area contributed by atoms with Crippen molar-refractivity contribution in [1.82, 2.24) is 4.90 Å². The number of rotatable bonds is 7. The van der Waals surface area contributed by atoms with E-state index in [0.717, 1.165) is 0 Å². The van der Waals surface area contributed by atoms with Crippen LogP contribution < -0.4 is 9.47 Å². The van der Waals surface area contributed by atoms with E-state index in [1.54, 1.807) is 4.90 Å². The lowest BCUT2D eigenvalue weighted by atomic mass is 10.2. The van der Waals surface area contributed by atoms with Gasteiger partial charge in [-0.25, -0.2) is 0 Å². The van der Waals surface area contributed by atoms with Crippen molar-refractivity contribution in [2.24, 2.45) is 5.16 Å². The molecule has 1 heterocycles. The number of amides is 1. The van der Waals surface area contributed by atoms with Crippen LogP contribution in [-0.2, 0) is 14.4 Å². The summed E-state index contributed by atoms with van der Waals surface area (Å²) < 4.78 is 39.5. The maximum Gasteiger partial charge on any atom is 0.387 e. The van der Waals surface area contributed by atoms with E-state index in [1.807, 2.05) is 13.8 Å². The van der Waals surface area contributed by atoms with E-state index in [0.29, 0.717) is 18.7 Å². The first-order valence-corrected chi connectivity index (χ1v) is 8.10. The molecule has 0 spiro atoms. The summed E-state index contributed by atoms with van der Waals surface area (Å²) in [5, 5.41) is 3.73. The van der Waals surface area contributed by atoms with Crippen LogP contribution in [0.15, 0.2) is 23.4 Å². The molecule has 0 saturated carbocycles. The Morgan fingerprint density at radius 3 is 2.65 bits per heavy atom. The lowest BCUT2D eigenvalue weighted by molar-refractivity contribution is -0.147. The number of hydrogen-bond acceptors (Lipinski definition) is 6. The van der Waals surface area contributed by atoms with E-state index in [2.05, 4.69) is 9.89 Å². The summed E-state index contributed by atoms with van der Waals surface area (Å²) in [6.07, 6.45) is 1.31. The van der Waals surface area contributed by atoms with E-state index in [9.17, 15) is 13.6 Å². The van der Waals surface area contributed by atoms with Gasteiger partial charge in [0.05, 0.1) is 25.5 Å². The monoisotopic (exact) mass is 372 g/mol. The minimum atomic E-state index is -2.94. The third kappa shape index (κ3) is 5.83. The molecule has 1 aliphatic rings. The Balaban J connectivity index is 1.87. The highest BCUT2D eigenvalue weighted by atomic mass is 19.3. The Hall–Kier alpha value is -2.42. The fraction of sp³-hybridized carbons (Fsp3) is 0.529. The number of carbonyl (C=O) groups is 1. The predicted molar refractivity (Wildman–Crippen MR) is 89.8 cm³/mol. The summed E-state index contributed by atoms with van der Waals surface area (Å²) in [6, 6.07) is 4.33. The van der Waals surface area contributed by atoms with Crippen molar-refractivity contribution in [3.8, 4) is 11.5 Å². The van der Waals surface area contributed by atoms with Crippen molar-refractivity contribution in [1.29, 1.82) is 0 Å². The summed E-state index contributed by atoms with van der Waals surface area (Å²) in [5.41, 5.74) is 0.546. The molecule has 0 aliphatic carbocycles. The summed E-state index contributed by atoms with van der Waals surface area (Å²) in [6.45, 7) is 1.70. The molecule has 2 rings (SSSR count). The molecule has 1 aromatic rings. The Bertz CT molecular complexity index is 632. The summed E-state index contributed by atoms with van der Waals surface area (Å²) in [5.74, 6) is -0.115. The van der Waals surface area contributed by atoms with Gasteiger partial charge in [0.25, 0.3) is 5.91 Å². The van der Waals surface area contributed by atoms with Gasteiger partial charge >= 0.3 is 6.61 Å². The number of halogens is 2. The molecule has 2 atom stereocenters. The van der Waals surface area contributed by atoms with Crippen LogP contribution in [0, 0.1) is 0 Å². The van der Waals surface area contributed by atoms with Crippen LogP contribution in [0.2, 0.25) is 0 Å². The first-order chi connectivity index (χ1) is 12.4. The highest BCUT2D eigenvalue weighted by molar-refractivity contribution is 5.81. The van der Waals surface area contributed by atoms with Gasteiger partial charge in [0, 0.05) is 18.7 Å². The Kier molecular flexibility index (Phi) is 7.14. The Morgan fingerprint density at radius 2 is 2.04 bits per heavy atom. The number of ether oxygens (including phenoxy) is 3. The molecular weight excluding hydrogens is 350 g/mol. The van der Waals surface area contributed by atoms with E-state index in [-0.39, 0.29) is 36.2 Å². The maximum absolute atomic E-state index is 12.3. The van der Waals surface area contributed by atoms with Crippen molar-refractivity contribution in [3.63, 3.8) is 0 Å². The molecule has 9 heteroatoms. The van der Waals surface area contributed by atoms with E-state index in [1.165, 1.54) is 31.5 Å². The first kappa shape index (κ1) is 19.9. The zero-order valence-electron chi connectivity index (χ0n) is 14.9. The molecule has 7 nitrogen and oxygen atoms in total. The van der Waals surface area contributed by atoms with Gasteiger partial charge in [-0.05, 0) is 32.0 Å². The largest absolute Gasteiger partial charge is 0.493 e. The van der Waals surface area contributed by atoms with Crippen LogP contribution in [0.5, 0.6) is 11.5 Å². The van der Waals surface area contributed by atoms with Crippen molar-refractivity contribution >= 4 is 12.1 Å². The minimum absolute atomic E-state index is 0.0207. The van der Waals surface area contributed by atoms with Crippen LogP contribution in [0.4, 0.5) is 8.78 Å². The fourth-order valence-electron chi connectivity index (χ4n) is 2.62. The van der Waals surface area contributed by atoms with Crippen LogP contribution >= 0.6 is 0 Å². The first-order valence-electron chi connectivity index (χ1n) is 8.10. The zero-order chi connectivity index (χ0) is 19.1.